The van der Waals surface area contributed by atoms with Gasteiger partial charge < -0.3 is 4.74 Å². The van der Waals surface area contributed by atoms with Gasteiger partial charge in [-0.2, -0.15) is 5.10 Å². The predicted octanol–water partition coefficient (Wildman–Crippen LogP) is 2.82. The molecule has 126 valence electrons. The summed E-state index contributed by atoms with van der Waals surface area (Å²) >= 11 is 3.37. The van der Waals surface area contributed by atoms with Crippen molar-refractivity contribution in [2.45, 2.75) is 12.5 Å². The fraction of sp³-hybridized carbons (Fsp3) is 0.412. The molecule has 2 aromatic rings. The minimum Gasteiger partial charge on any atom is -0.379 e. The van der Waals surface area contributed by atoms with Crippen LogP contribution in [0.2, 0.25) is 0 Å². The zero-order valence-electron chi connectivity index (χ0n) is 13.3. The number of thiophene rings is 2. The Morgan fingerprint density at radius 3 is 2.71 bits per heavy atom. The van der Waals surface area contributed by atoms with Gasteiger partial charge in [0.15, 0.2) is 0 Å². The number of hydrogen-bond donors (Lipinski definition) is 0. The van der Waals surface area contributed by atoms with Crippen LogP contribution in [0.4, 0.5) is 0 Å². The first-order valence-corrected chi connectivity index (χ1v) is 9.84. The molecule has 5 nitrogen and oxygen atoms in total. The lowest BCUT2D eigenvalue weighted by molar-refractivity contribution is -0.135. The zero-order valence-corrected chi connectivity index (χ0v) is 14.9. The molecule has 0 aliphatic carbocycles. The van der Waals surface area contributed by atoms with Crippen molar-refractivity contribution in [2.75, 3.05) is 32.8 Å². The summed E-state index contributed by atoms with van der Waals surface area (Å²) in [7, 11) is 0. The summed E-state index contributed by atoms with van der Waals surface area (Å²) in [5.41, 5.74) is 1.01. The molecule has 0 bridgehead atoms. The lowest BCUT2D eigenvalue weighted by Gasteiger charge is -2.28. The van der Waals surface area contributed by atoms with E-state index in [-0.39, 0.29) is 11.9 Å². The number of carbonyl (C=O) groups excluding carboxylic acids is 1. The highest BCUT2D eigenvalue weighted by Gasteiger charge is 2.34. The summed E-state index contributed by atoms with van der Waals surface area (Å²) in [5, 5.41) is 10.5. The Kier molecular flexibility index (Phi) is 4.75. The van der Waals surface area contributed by atoms with Crippen molar-refractivity contribution < 1.29 is 9.53 Å². The number of carbonyl (C=O) groups is 1. The van der Waals surface area contributed by atoms with E-state index in [2.05, 4.69) is 27.8 Å². The van der Waals surface area contributed by atoms with Crippen molar-refractivity contribution >= 4 is 34.3 Å². The molecule has 1 saturated heterocycles. The number of nitrogens with zero attached hydrogens (tertiary/aromatic N) is 3. The maximum atomic E-state index is 12.9. The van der Waals surface area contributed by atoms with E-state index in [9.17, 15) is 4.79 Å². The monoisotopic (exact) mass is 361 g/mol. The van der Waals surface area contributed by atoms with Crippen molar-refractivity contribution in [2.24, 2.45) is 5.10 Å². The number of ether oxygens (including phenoxy) is 1. The largest absolute Gasteiger partial charge is 0.379 e. The van der Waals surface area contributed by atoms with Crippen LogP contribution in [-0.4, -0.2) is 54.4 Å². The average molecular weight is 361 g/mol. The van der Waals surface area contributed by atoms with E-state index >= 15 is 0 Å². The van der Waals surface area contributed by atoms with E-state index < -0.39 is 0 Å². The fourth-order valence-electron chi connectivity index (χ4n) is 3.06. The smallest absolute Gasteiger partial charge is 0.257 e. The second kappa shape index (κ2) is 7.14. The number of rotatable bonds is 4. The molecule has 1 atom stereocenters. The van der Waals surface area contributed by atoms with Gasteiger partial charge in [-0.15, -0.1) is 22.7 Å². The van der Waals surface area contributed by atoms with Gasteiger partial charge in [-0.25, -0.2) is 5.01 Å². The van der Waals surface area contributed by atoms with Gasteiger partial charge in [-0.05, 0) is 22.9 Å². The average Bonchev–Trinajstić information content (AvgIpc) is 3.35. The number of morpholine rings is 1. The molecule has 0 radical (unpaired) electrons. The summed E-state index contributed by atoms with van der Waals surface area (Å²) in [6.45, 7) is 3.43. The summed E-state index contributed by atoms with van der Waals surface area (Å²) in [5.74, 6) is 0.0712. The second-order valence-electron chi connectivity index (χ2n) is 5.89. The van der Waals surface area contributed by atoms with Gasteiger partial charge in [0.25, 0.3) is 5.91 Å². The Morgan fingerprint density at radius 2 is 2.00 bits per heavy atom. The normalized spacial score (nSPS) is 21.9. The third kappa shape index (κ3) is 3.30. The van der Waals surface area contributed by atoms with E-state index in [4.69, 9.17) is 9.84 Å². The molecule has 0 N–H and O–H groups in total. The van der Waals surface area contributed by atoms with Crippen LogP contribution in [0.3, 0.4) is 0 Å². The number of hydrogen-bond acceptors (Lipinski definition) is 6. The van der Waals surface area contributed by atoms with Crippen LogP contribution in [0.15, 0.2) is 40.1 Å². The molecular weight excluding hydrogens is 342 g/mol. The highest BCUT2D eigenvalue weighted by molar-refractivity contribution is 7.12. The molecule has 2 aliphatic heterocycles. The van der Waals surface area contributed by atoms with Gasteiger partial charge in [0.05, 0.1) is 36.4 Å². The highest BCUT2D eigenvalue weighted by Crippen LogP contribution is 2.35. The SMILES string of the molecule is O=C(CN1CCOCC1)N1N=C(c2cccs2)C[C@@H]1c1cccs1. The minimum absolute atomic E-state index is 0.0237. The van der Waals surface area contributed by atoms with Crippen molar-refractivity contribution in [1.29, 1.82) is 0 Å². The van der Waals surface area contributed by atoms with Crippen molar-refractivity contribution in [3.8, 4) is 0 Å². The molecule has 24 heavy (non-hydrogen) atoms. The van der Waals surface area contributed by atoms with Crippen LogP contribution in [0.1, 0.15) is 22.2 Å². The molecule has 1 amide bonds. The first-order chi connectivity index (χ1) is 11.8. The molecule has 1 fully saturated rings. The van der Waals surface area contributed by atoms with Gasteiger partial charge >= 0.3 is 0 Å². The fourth-order valence-corrected chi connectivity index (χ4v) is 4.59. The Morgan fingerprint density at radius 1 is 1.21 bits per heavy atom. The Bertz CT molecular complexity index is 706. The molecule has 2 aliphatic rings. The van der Waals surface area contributed by atoms with Crippen molar-refractivity contribution in [3.63, 3.8) is 0 Å². The minimum atomic E-state index is 0.0237. The Balaban J connectivity index is 1.55. The number of amides is 1. The maximum Gasteiger partial charge on any atom is 0.257 e. The Labute approximate surface area is 149 Å². The first-order valence-electron chi connectivity index (χ1n) is 8.08. The predicted molar refractivity (Wildman–Crippen MR) is 96.6 cm³/mol. The van der Waals surface area contributed by atoms with Crippen LogP contribution in [-0.2, 0) is 9.53 Å². The van der Waals surface area contributed by atoms with Crippen molar-refractivity contribution in [3.05, 3.63) is 44.8 Å². The molecule has 0 spiro atoms. The van der Waals surface area contributed by atoms with Crippen molar-refractivity contribution in [1.82, 2.24) is 9.91 Å². The van der Waals surface area contributed by atoms with E-state index in [1.807, 2.05) is 12.1 Å². The molecular formula is C17H19N3O2S2. The van der Waals surface area contributed by atoms with Gasteiger partial charge in [0.2, 0.25) is 0 Å². The molecule has 0 aromatic carbocycles. The van der Waals surface area contributed by atoms with E-state index in [1.165, 1.54) is 4.88 Å². The summed E-state index contributed by atoms with van der Waals surface area (Å²) in [6.07, 6.45) is 0.788. The van der Waals surface area contributed by atoms with Crippen LogP contribution in [0.5, 0.6) is 0 Å². The van der Waals surface area contributed by atoms with Gasteiger partial charge in [-0.3, -0.25) is 9.69 Å². The van der Waals surface area contributed by atoms with E-state index in [0.29, 0.717) is 19.8 Å². The number of hydrazone groups is 1. The van der Waals surface area contributed by atoms with Crippen LogP contribution >= 0.6 is 22.7 Å². The Hall–Kier alpha value is -1.54. The lowest BCUT2D eigenvalue weighted by Crippen LogP contribution is -2.43. The molecule has 7 heteroatoms. The molecule has 0 saturated carbocycles. The lowest BCUT2D eigenvalue weighted by atomic mass is 10.1. The molecule has 4 heterocycles. The summed E-state index contributed by atoms with van der Waals surface area (Å²) < 4.78 is 5.36. The zero-order chi connectivity index (χ0) is 16.4. The highest BCUT2D eigenvalue weighted by atomic mass is 32.1. The topological polar surface area (TPSA) is 45.1 Å². The first kappa shape index (κ1) is 16.0. The van der Waals surface area contributed by atoms with Crippen LogP contribution in [0.25, 0.3) is 0 Å². The van der Waals surface area contributed by atoms with Gasteiger partial charge in [-0.1, -0.05) is 12.1 Å². The molecule has 4 rings (SSSR count). The van der Waals surface area contributed by atoms with Gasteiger partial charge in [0.1, 0.15) is 0 Å². The second-order valence-corrected chi connectivity index (χ2v) is 7.81. The third-order valence-electron chi connectivity index (χ3n) is 4.31. The standard InChI is InChI=1S/C17H19N3O2S2/c21-17(12-19-5-7-22-8-6-19)20-14(16-4-2-10-24-16)11-13(18-20)15-3-1-9-23-15/h1-4,9-10,14H,5-8,11-12H2/t14-/m1/s1. The molecule has 0 unspecified atom stereocenters. The maximum absolute atomic E-state index is 12.9. The molecule has 2 aromatic heterocycles. The summed E-state index contributed by atoms with van der Waals surface area (Å²) in [6, 6.07) is 8.26. The van der Waals surface area contributed by atoms with E-state index in [0.717, 1.165) is 30.1 Å². The third-order valence-corrected chi connectivity index (χ3v) is 6.20. The quantitative estimate of drug-likeness (QED) is 0.841. The summed E-state index contributed by atoms with van der Waals surface area (Å²) in [4.78, 5) is 17.4. The van der Waals surface area contributed by atoms with Crippen LogP contribution < -0.4 is 0 Å². The van der Waals surface area contributed by atoms with Crippen LogP contribution in [0, 0.1) is 0 Å². The van der Waals surface area contributed by atoms with Gasteiger partial charge in [0, 0.05) is 24.4 Å². The van der Waals surface area contributed by atoms with E-state index in [1.54, 1.807) is 27.7 Å².